The van der Waals surface area contributed by atoms with E-state index in [4.69, 9.17) is 21.7 Å². The number of likely N-dealkylation sites (N-methyl/N-ethyl adjacent to an activating group) is 1. The molecule has 0 aliphatic heterocycles. The van der Waals surface area contributed by atoms with Crippen molar-refractivity contribution in [1.82, 2.24) is 15.2 Å². The van der Waals surface area contributed by atoms with Crippen molar-refractivity contribution in [3.05, 3.63) is 47.7 Å². The molecule has 0 spiro atoms. The molecule has 0 saturated heterocycles. The number of nitrogens with one attached hydrogen (secondary N) is 2. The number of nitrogens with zero attached hydrogens (tertiary/aromatic N) is 2. The third-order valence-electron chi connectivity index (χ3n) is 4.56. The number of ether oxygens (including phenoxy) is 2. The smallest absolute Gasteiger partial charge is 0.420 e. The van der Waals surface area contributed by atoms with Gasteiger partial charge in [-0.2, -0.15) is 13.2 Å². The second-order valence-corrected chi connectivity index (χ2v) is 8.12. The average Bonchev–Trinajstić information content (AvgIpc) is 2.77. The van der Waals surface area contributed by atoms with Gasteiger partial charge in [0.2, 0.25) is 5.88 Å². The molecule has 1 amide bonds. The quantitative estimate of drug-likeness (QED) is 0.343. The van der Waals surface area contributed by atoms with E-state index in [9.17, 15) is 18.0 Å². The lowest BCUT2D eigenvalue weighted by atomic mass is 10.1. The van der Waals surface area contributed by atoms with Gasteiger partial charge in [0.15, 0.2) is 5.11 Å². The van der Waals surface area contributed by atoms with E-state index in [1.807, 2.05) is 25.9 Å². The van der Waals surface area contributed by atoms with Crippen molar-refractivity contribution in [2.45, 2.75) is 32.4 Å². The Morgan fingerprint density at radius 1 is 1.12 bits per heavy atom. The summed E-state index contributed by atoms with van der Waals surface area (Å²) in [5.74, 6) is -0.435. The van der Waals surface area contributed by atoms with E-state index >= 15 is 0 Å². The predicted octanol–water partition coefficient (Wildman–Crippen LogP) is 4.74. The summed E-state index contributed by atoms with van der Waals surface area (Å²) in [6.45, 7) is 3.36. The van der Waals surface area contributed by atoms with Crippen LogP contribution in [0.15, 0.2) is 36.5 Å². The monoisotopic (exact) mass is 498 g/mol. The summed E-state index contributed by atoms with van der Waals surface area (Å²) in [4.78, 5) is 18.4. The summed E-state index contributed by atoms with van der Waals surface area (Å²) in [6.07, 6.45) is -0.801. The van der Waals surface area contributed by atoms with E-state index in [1.165, 1.54) is 24.4 Å². The molecular formula is C23H29F3N4O3S. The largest absolute Gasteiger partial charge is 0.493 e. The van der Waals surface area contributed by atoms with Gasteiger partial charge in [-0.05, 0) is 57.0 Å². The minimum Gasteiger partial charge on any atom is -0.493 e. The molecule has 0 aliphatic rings. The molecule has 0 saturated carbocycles. The van der Waals surface area contributed by atoms with Gasteiger partial charge < -0.3 is 19.7 Å². The molecule has 2 aromatic rings. The van der Waals surface area contributed by atoms with E-state index < -0.39 is 17.6 Å². The highest BCUT2D eigenvalue weighted by molar-refractivity contribution is 7.80. The minimum absolute atomic E-state index is 0.0706. The van der Waals surface area contributed by atoms with Crippen molar-refractivity contribution in [3.63, 3.8) is 0 Å². The fourth-order valence-electron chi connectivity index (χ4n) is 2.76. The Balaban J connectivity index is 1.97. The van der Waals surface area contributed by atoms with Crippen molar-refractivity contribution in [3.8, 4) is 11.6 Å². The number of unbranched alkanes of at least 4 members (excludes halogenated alkanes) is 2. The summed E-state index contributed by atoms with van der Waals surface area (Å²) in [5.41, 5.74) is -0.630. The average molecular weight is 499 g/mol. The van der Waals surface area contributed by atoms with Crippen LogP contribution >= 0.6 is 12.2 Å². The van der Waals surface area contributed by atoms with Gasteiger partial charge in [0, 0.05) is 24.5 Å². The number of thiocarbonyl (C=S) groups is 1. The Morgan fingerprint density at radius 2 is 1.88 bits per heavy atom. The maximum absolute atomic E-state index is 13.5. The molecule has 11 heteroatoms. The second-order valence-electron chi connectivity index (χ2n) is 7.71. The van der Waals surface area contributed by atoms with Crippen LogP contribution in [0.3, 0.4) is 0 Å². The molecule has 0 bridgehead atoms. The number of alkyl halides is 3. The number of carbonyl (C=O) groups excluding carboxylic acids is 1. The summed E-state index contributed by atoms with van der Waals surface area (Å²) in [6, 6.07) is 6.61. The first-order valence-electron chi connectivity index (χ1n) is 10.8. The molecule has 0 radical (unpaired) electrons. The topological polar surface area (TPSA) is 75.7 Å². The lowest BCUT2D eigenvalue weighted by molar-refractivity contribution is -0.138. The summed E-state index contributed by atoms with van der Waals surface area (Å²) in [5, 5.41) is 4.88. The Hall–Kier alpha value is -2.92. The highest BCUT2D eigenvalue weighted by Gasteiger charge is 2.34. The number of rotatable bonds is 11. The Labute approximate surface area is 202 Å². The number of aromatic nitrogens is 1. The van der Waals surface area contributed by atoms with Gasteiger partial charge >= 0.3 is 6.18 Å². The number of anilines is 1. The Kier molecular flexibility index (Phi) is 10.5. The minimum atomic E-state index is -4.61. The zero-order valence-electron chi connectivity index (χ0n) is 19.4. The van der Waals surface area contributed by atoms with E-state index in [-0.39, 0.29) is 28.7 Å². The fourth-order valence-corrected chi connectivity index (χ4v) is 2.97. The molecule has 0 unspecified atom stereocenters. The van der Waals surface area contributed by atoms with Gasteiger partial charge in [-0.3, -0.25) is 10.1 Å². The summed E-state index contributed by atoms with van der Waals surface area (Å²) < 4.78 is 51.3. The van der Waals surface area contributed by atoms with Crippen molar-refractivity contribution >= 4 is 28.9 Å². The molecule has 7 nitrogen and oxygen atoms in total. The number of carbonyl (C=O) groups is 1. The Bertz CT molecular complexity index is 953. The maximum atomic E-state index is 13.5. The van der Waals surface area contributed by atoms with Gasteiger partial charge in [0.1, 0.15) is 12.4 Å². The second kappa shape index (κ2) is 13.1. The Morgan fingerprint density at radius 3 is 2.50 bits per heavy atom. The summed E-state index contributed by atoms with van der Waals surface area (Å²) >= 11 is 5.08. The molecule has 0 fully saturated rings. The van der Waals surface area contributed by atoms with Crippen molar-refractivity contribution in [2.24, 2.45) is 0 Å². The lowest BCUT2D eigenvalue weighted by Crippen LogP contribution is -2.34. The molecule has 0 atom stereocenters. The highest BCUT2D eigenvalue weighted by Crippen LogP contribution is 2.38. The number of amides is 1. The van der Waals surface area contributed by atoms with Crippen LogP contribution < -0.4 is 20.1 Å². The van der Waals surface area contributed by atoms with Crippen LogP contribution in [0.2, 0.25) is 0 Å². The molecule has 34 heavy (non-hydrogen) atoms. The molecule has 1 heterocycles. The van der Waals surface area contributed by atoms with E-state index in [1.54, 1.807) is 6.07 Å². The van der Waals surface area contributed by atoms with Gasteiger partial charge in [-0.1, -0.05) is 19.8 Å². The first kappa shape index (κ1) is 27.3. The van der Waals surface area contributed by atoms with Crippen LogP contribution in [0.25, 0.3) is 0 Å². The van der Waals surface area contributed by atoms with Gasteiger partial charge in [-0.15, -0.1) is 0 Å². The zero-order valence-corrected chi connectivity index (χ0v) is 20.2. The zero-order chi connectivity index (χ0) is 25.1. The van der Waals surface area contributed by atoms with Crippen LogP contribution in [0.1, 0.15) is 42.1 Å². The number of pyridine rings is 1. The van der Waals surface area contributed by atoms with Gasteiger partial charge in [0.25, 0.3) is 5.91 Å². The number of hydrogen-bond donors (Lipinski definition) is 2. The molecule has 1 aromatic carbocycles. The van der Waals surface area contributed by atoms with E-state index in [0.29, 0.717) is 25.5 Å². The molecule has 1 aromatic heterocycles. The lowest BCUT2D eigenvalue weighted by Gasteiger charge is -2.16. The number of halogens is 3. The van der Waals surface area contributed by atoms with E-state index in [0.717, 1.165) is 18.9 Å². The predicted molar refractivity (Wildman–Crippen MR) is 128 cm³/mol. The van der Waals surface area contributed by atoms with Crippen LogP contribution in [0, 0.1) is 0 Å². The number of benzene rings is 1. The van der Waals surface area contributed by atoms with Gasteiger partial charge in [-0.25, -0.2) is 4.98 Å². The number of hydrogen-bond acceptors (Lipinski definition) is 6. The van der Waals surface area contributed by atoms with E-state index in [2.05, 4.69) is 15.6 Å². The SMILES string of the molecule is CCCCCOc1ccc(NC(=S)NC(=O)c2ccc(OCCN(C)C)nc2)cc1C(F)(F)F. The maximum Gasteiger partial charge on any atom is 0.420 e. The third kappa shape index (κ3) is 9.14. The molecule has 0 aliphatic carbocycles. The van der Waals surface area contributed by atoms with Crippen molar-refractivity contribution in [2.75, 3.05) is 39.2 Å². The van der Waals surface area contributed by atoms with Crippen molar-refractivity contribution < 1.29 is 27.4 Å². The third-order valence-corrected chi connectivity index (χ3v) is 4.77. The van der Waals surface area contributed by atoms with Gasteiger partial charge in [0.05, 0.1) is 17.7 Å². The molecule has 2 rings (SSSR count). The van der Waals surface area contributed by atoms with Crippen LogP contribution in [-0.2, 0) is 6.18 Å². The fraction of sp³-hybridized carbons (Fsp3) is 0.435. The normalized spacial score (nSPS) is 11.3. The molecule has 2 N–H and O–H groups in total. The van der Waals surface area contributed by atoms with Crippen LogP contribution in [-0.4, -0.2) is 54.8 Å². The summed E-state index contributed by atoms with van der Waals surface area (Å²) in [7, 11) is 3.84. The molecular weight excluding hydrogens is 469 g/mol. The first-order valence-corrected chi connectivity index (χ1v) is 11.2. The highest BCUT2D eigenvalue weighted by atomic mass is 32.1. The van der Waals surface area contributed by atoms with Crippen LogP contribution in [0.5, 0.6) is 11.6 Å². The van der Waals surface area contributed by atoms with Crippen molar-refractivity contribution in [1.29, 1.82) is 0 Å². The standard InChI is InChI=1S/C23H29F3N4O3S/c1-4-5-6-12-32-19-9-8-17(14-18(19)23(24,25)26)28-22(34)29-21(31)16-7-10-20(27-15-16)33-13-11-30(2)3/h7-10,14-15H,4-6,11-13H2,1-3H3,(H2,28,29,31,34). The molecule has 186 valence electrons. The van der Waals surface area contributed by atoms with Crippen LogP contribution in [0.4, 0.5) is 18.9 Å². The first-order chi connectivity index (χ1) is 16.1.